The highest BCUT2D eigenvalue weighted by Crippen LogP contribution is 2.42. The number of thiazole rings is 1. The van der Waals surface area contributed by atoms with Crippen LogP contribution in [0.2, 0.25) is 0 Å². The first-order valence-electron chi connectivity index (χ1n) is 8.99. The van der Waals surface area contributed by atoms with Crippen molar-refractivity contribution in [2.24, 2.45) is 5.41 Å². The number of likely N-dealkylation sites (tertiary alicyclic amines) is 1. The van der Waals surface area contributed by atoms with Gasteiger partial charge in [0, 0.05) is 23.7 Å². The van der Waals surface area contributed by atoms with Crippen LogP contribution in [0, 0.1) is 12.3 Å². The van der Waals surface area contributed by atoms with E-state index in [1.807, 2.05) is 23.7 Å². The minimum Gasteiger partial charge on any atom is -0.475 e. The average molecular weight is 359 g/mol. The summed E-state index contributed by atoms with van der Waals surface area (Å²) in [4.78, 5) is 12.5. The molecule has 25 heavy (non-hydrogen) atoms. The van der Waals surface area contributed by atoms with E-state index in [2.05, 4.69) is 21.8 Å². The predicted molar refractivity (Wildman–Crippen MR) is 97.9 cm³/mol. The zero-order valence-electron chi connectivity index (χ0n) is 14.7. The molecule has 2 aliphatic rings. The molecule has 6 heteroatoms. The van der Waals surface area contributed by atoms with Crippen molar-refractivity contribution in [3.05, 3.63) is 40.5 Å². The third kappa shape index (κ3) is 4.02. The van der Waals surface area contributed by atoms with Crippen LogP contribution in [-0.4, -0.2) is 47.3 Å². The zero-order valence-corrected chi connectivity index (χ0v) is 15.5. The third-order valence-corrected chi connectivity index (χ3v) is 6.39. The first-order chi connectivity index (χ1) is 12.2. The number of hydrogen-bond acceptors (Lipinski definition) is 6. The Hall–Kier alpha value is -1.50. The Labute approximate surface area is 153 Å². The fourth-order valence-electron chi connectivity index (χ4n) is 3.83. The molecule has 0 N–H and O–H groups in total. The van der Waals surface area contributed by atoms with Crippen molar-refractivity contribution in [1.82, 2.24) is 14.9 Å². The minimum atomic E-state index is 0.192. The first-order valence-corrected chi connectivity index (χ1v) is 9.87. The van der Waals surface area contributed by atoms with Crippen LogP contribution in [0.1, 0.15) is 29.8 Å². The highest BCUT2D eigenvalue weighted by Gasteiger charge is 2.42. The molecule has 0 saturated carbocycles. The number of pyridine rings is 1. The normalized spacial score (nSPS) is 23.2. The van der Waals surface area contributed by atoms with Gasteiger partial charge < -0.3 is 9.47 Å². The van der Waals surface area contributed by atoms with Gasteiger partial charge in [0.1, 0.15) is 6.61 Å². The molecule has 1 spiro atoms. The summed E-state index contributed by atoms with van der Waals surface area (Å²) in [5, 5.41) is 0. The van der Waals surface area contributed by atoms with E-state index >= 15 is 0 Å². The molecule has 4 heterocycles. The number of piperidine rings is 1. The molecule has 2 saturated heterocycles. The van der Waals surface area contributed by atoms with Crippen LogP contribution in [0.15, 0.2) is 29.9 Å². The van der Waals surface area contributed by atoms with Gasteiger partial charge in [0.15, 0.2) is 0 Å². The monoisotopic (exact) mass is 359 g/mol. The lowest BCUT2D eigenvalue weighted by molar-refractivity contribution is 0.0463. The summed E-state index contributed by atoms with van der Waals surface area (Å²) < 4.78 is 11.8. The molecule has 0 amide bonds. The quantitative estimate of drug-likeness (QED) is 0.820. The molecule has 2 aliphatic heterocycles. The summed E-state index contributed by atoms with van der Waals surface area (Å²) in [6.45, 7) is 6.91. The summed E-state index contributed by atoms with van der Waals surface area (Å²) in [7, 11) is 0. The summed E-state index contributed by atoms with van der Waals surface area (Å²) in [6, 6.07) is 5.74. The molecule has 2 aromatic heterocycles. The molecule has 0 aliphatic carbocycles. The van der Waals surface area contributed by atoms with Gasteiger partial charge in [0.2, 0.25) is 5.88 Å². The topological polar surface area (TPSA) is 47.5 Å². The summed E-state index contributed by atoms with van der Waals surface area (Å²) in [5.74, 6) is 0.682. The highest BCUT2D eigenvalue weighted by atomic mass is 32.1. The van der Waals surface area contributed by atoms with Gasteiger partial charge in [-0.2, -0.15) is 0 Å². The smallest absolute Gasteiger partial charge is 0.213 e. The molecule has 0 bridgehead atoms. The van der Waals surface area contributed by atoms with Crippen molar-refractivity contribution in [3.63, 3.8) is 0 Å². The molecule has 0 unspecified atom stereocenters. The van der Waals surface area contributed by atoms with E-state index in [0.717, 1.165) is 32.7 Å². The number of aryl methyl sites for hydroxylation is 1. The van der Waals surface area contributed by atoms with Gasteiger partial charge in [0.25, 0.3) is 0 Å². The number of nitrogens with zero attached hydrogens (tertiary/aromatic N) is 3. The molecule has 4 rings (SSSR count). The van der Waals surface area contributed by atoms with Crippen LogP contribution in [0.5, 0.6) is 5.88 Å². The summed E-state index contributed by atoms with van der Waals surface area (Å²) in [6.07, 6.45) is 5.48. The van der Waals surface area contributed by atoms with E-state index in [9.17, 15) is 0 Å². The van der Waals surface area contributed by atoms with E-state index in [1.165, 1.54) is 23.4 Å². The summed E-state index contributed by atoms with van der Waals surface area (Å²) >= 11 is 1.77. The Balaban J connectivity index is 1.25. The molecule has 2 aromatic rings. The standard InChI is InChI=1S/C19H25N3O2S/c1-15-17(25-14-21-15)11-22-8-5-19(6-9-22)10-16(24-13-19)12-23-18-4-2-3-7-20-18/h2-4,7,14,16H,5-6,8-13H2,1H3/t16-/m1/s1. The minimum absolute atomic E-state index is 0.192. The molecular weight excluding hydrogens is 334 g/mol. The van der Waals surface area contributed by atoms with Crippen LogP contribution in [0.25, 0.3) is 0 Å². The maximum atomic E-state index is 6.05. The van der Waals surface area contributed by atoms with E-state index in [0.29, 0.717) is 17.9 Å². The van der Waals surface area contributed by atoms with Crippen LogP contribution in [-0.2, 0) is 11.3 Å². The SMILES string of the molecule is Cc1ncsc1CN1CCC2(CC1)CO[C@@H](COc1ccccn1)C2. The van der Waals surface area contributed by atoms with Crippen LogP contribution < -0.4 is 4.74 Å². The lowest BCUT2D eigenvalue weighted by atomic mass is 9.76. The van der Waals surface area contributed by atoms with E-state index in [4.69, 9.17) is 9.47 Å². The van der Waals surface area contributed by atoms with Crippen molar-refractivity contribution in [3.8, 4) is 5.88 Å². The van der Waals surface area contributed by atoms with Crippen LogP contribution in [0.3, 0.4) is 0 Å². The van der Waals surface area contributed by atoms with Gasteiger partial charge in [-0.3, -0.25) is 4.90 Å². The number of aromatic nitrogens is 2. The number of hydrogen-bond donors (Lipinski definition) is 0. The van der Waals surface area contributed by atoms with Crippen molar-refractivity contribution >= 4 is 11.3 Å². The van der Waals surface area contributed by atoms with Crippen LogP contribution >= 0.6 is 11.3 Å². The molecule has 134 valence electrons. The van der Waals surface area contributed by atoms with E-state index < -0.39 is 0 Å². The zero-order chi connectivity index (χ0) is 17.1. The molecule has 1 atom stereocenters. The largest absolute Gasteiger partial charge is 0.475 e. The Morgan fingerprint density at radius 1 is 1.32 bits per heavy atom. The van der Waals surface area contributed by atoms with Crippen molar-refractivity contribution in [1.29, 1.82) is 0 Å². The van der Waals surface area contributed by atoms with Crippen molar-refractivity contribution in [2.75, 3.05) is 26.3 Å². The first kappa shape index (κ1) is 16.9. The Morgan fingerprint density at radius 2 is 2.20 bits per heavy atom. The fourth-order valence-corrected chi connectivity index (χ4v) is 4.65. The van der Waals surface area contributed by atoms with Crippen molar-refractivity contribution in [2.45, 2.75) is 38.8 Å². The van der Waals surface area contributed by atoms with Gasteiger partial charge in [-0.05, 0) is 50.8 Å². The Morgan fingerprint density at radius 3 is 2.92 bits per heavy atom. The van der Waals surface area contributed by atoms with Gasteiger partial charge in [-0.1, -0.05) is 6.07 Å². The van der Waals surface area contributed by atoms with Crippen molar-refractivity contribution < 1.29 is 9.47 Å². The molecule has 5 nitrogen and oxygen atoms in total. The number of rotatable bonds is 5. The Bertz CT molecular complexity index is 683. The second-order valence-corrected chi connectivity index (χ2v) is 8.19. The third-order valence-electron chi connectivity index (χ3n) is 5.47. The maximum absolute atomic E-state index is 6.05. The molecule has 2 fully saturated rings. The van der Waals surface area contributed by atoms with Gasteiger partial charge in [-0.25, -0.2) is 9.97 Å². The van der Waals surface area contributed by atoms with Gasteiger partial charge in [0.05, 0.1) is 23.9 Å². The summed E-state index contributed by atoms with van der Waals surface area (Å²) in [5.41, 5.74) is 3.48. The maximum Gasteiger partial charge on any atom is 0.213 e. The number of ether oxygens (including phenoxy) is 2. The second kappa shape index (κ2) is 7.40. The fraction of sp³-hybridized carbons (Fsp3) is 0.579. The molecule has 0 aromatic carbocycles. The average Bonchev–Trinajstić information content (AvgIpc) is 3.23. The van der Waals surface area contributed by atoms with Crippen LogP contribution in [0.4, 0.5) is 0 Å². The van der Waals surface area contributed by atoms with E-state index in [-0.39, 0.29) is 6.10 Å². The lowest BCUT2D eigenvalue weighted by Gasteiger charge is -2.38. The lowest BCUT2D eigenvalue weighted by Crippen LogP contribution is -2.40. The van der Waals surface area contributed by atoms with Gasteiger partial charge >= 0.3 is 0 Å². The van der Waals surface area contributed by atoms with E-state index in [1.54, 1.807) is 17.5 Å². The predicted octanol–water partition coefficient (Wildman–Crippen LogP) is 3.30. The Kier molecular flexibility index (Phi) is 5.01. The highest BCUT2D eigenvalue weighted by molar-refractivity contribution is 7.09. The van der Waals surface area contributed by atoms with Gasteiger partial charge in [-0.15, -0.1) is 11.3 Å². The molecular formula is C19H25N3O2S. The second-order valence-electron chi connectivity index (χ2n) is 7.25. The molecule has 0 radical (unpaired) electrons.